The Morgan fingerprint density at radius 1 is 1.41 bits per heavy atom. The van der Waals surface area contributed by atoms with Crippen molar-refractivity contribution in [2.24, 2.45) is 11.7 Å². The van der Waals surface area contributed by atoms with Crippen molar-refractivity contribution >= 4 is 15.8 Å². The third-order valence-corrected chi connectivity index (χ3v) is 4.00. The first kappa shape index (κ1) is 14.4. The van der Waals surface area contributed by atoms with Gasteiger partial charge in [-0.2, -0.15) is 0 Å². The summed E-state index contributed by atoms with van der Waals surface area (Å²) < 4.78 is 28.3. The van der Waals surface area contributed by atoms with Gasteiger partial charge in [-0.1, -0.05) is 0 Å². The Balaban J connectivity index is 2.45. The molecule has 6 heteroatoms. The normalized spacial score (nSPS) is 18.8. The van der Waals surface area contributed by atoms with Gasteiger partial charge in [-0.3, -0.25) is 4.79 Å². The van der Waals surface area contributed by atoms with E-state index in [2.05, 4.69) is 0 Å². The van der Waals surface area contributed by atoms with Crippen molar-refractivity contribution in [3.8, 4) is 0 Å². The van der Waals surface area contributed by atoms with Crippen LogP contribution in [-0.4, -0.2) is 37.5 Å². The van der Waals surface area contributed by atoms with Crippen molar-refractivity contribution in [2.75, 3.05) is 11.5 Å². The highest BCUT2D eigenvalue weighted by Crippen LogP contribution is 2.32. The standard InChI is InChI=1S/C11H21NO4S/c1-11(2,3)16-10(13)7-17(14,15)6-9(12)8-4-5-8/h8-9H,4-7,12H2,1-3H3. The van der Waals surface area contributed by atoms with E-state index in [0.717, 1.165) is 12.8 Å². The molecule has 1 atom stereocenters. The molecule has 0 aromatic rings. The Morgan fingerprint density at radius 2 is 1.94 bits per heavy atom. The average molecular weight is 263 g/mol. The topological polar surface area (TPSA) is 86.5 Å². The second-order valence-corrected chi connectivity index (χ2v) is 7.75. The molecule has 0 aliphatic heterocycles. The van der Waals surface area contributed by atoms with Crippen LogP contribution in [0.4, 0.5) is 0 Å². The van der Waals surface area contributed by atoms with E-state index in [4.69, 9.17) is 10.5 Å². The molecule has 1 fully saturated rings. The van der Waals surface area contributed by atoms with Gasteiger partial charge in [0.25, 0.3) is 0 Å². The van der Waals surface area contributed by atoms with Gasteiger partial charge in [0.05, 0.1) is 5.75 Å². The summed E-state index contributed by atoms with van der Waals surface area (Å²) in [5.74, 6) is -1.11. The molecule has 0 heterocycles. The first-order valence-electron chi connectivity index (χ1n) is 5.77. The minimum Gasteiger partial charge on any atom is -0.459 e. The predicted octanol–water partition coefficient (Wildman–Crippen LogP) is 0.480. The summed E-state index contributed by atoms with van der Waals surface area (Å²) in [5, 5.41) is 0. The Labute approximate surface area is 103 Å². The molecule has 5 nitrogen and oxygen atoms in total. The molecule has 0 aromatic carbocycles. The van der Waals surface area contributed by atoms with Gasteiger partial charge in [-0.25, -0.2) is 8.42 Å². The van der Waals surface area contributed by atoms with Crippen LogP contribution in [0.25, 0.3) is 0 Å². The summed E-state index contributed by atoms with van der Waals surface area (Å²) in [6.45, 7) is 5.11. The lowest BCUT2D eigenvalue weighted by atomic mass is 10.2. The lowest BCUT2D eigenvalue weighted by Crippen LogP contribution is -2.36. The van der Waals surface area contributed by atoms with Crippen LogP contribution in [0.2, 0.25) is 0 Å². The van der Waals surface area contributed by atoms with Gasteiger partial charge in [0.1, 0.15) is 11.4 Å². The molecule has 0 amide bonds. The van der Waals surface area contributed by atoms with E-state index in [1.165, 1.54) is 0 Å². The molecule has 0 radical (unpaired) electrons. The Hall–Kier alpha value is -0.620. The molecule has 1 aliphatic rings. The molecule has 0 bridgehead atoms. The Morgan fingerprint density at radius 3 is 2.35 bits per heavy atom. The maximum absolute atomic E-state index is 11.7. The third-order valence-electron chi connectivity index (χ3n) is 2.43. The summed E-state index contributed by atoms with van der Waals surface area (Å²) in [6.07, 6.45) is 1.98. The highest BCUT2D eigenvalue weighted by Gasteiger charge is 2.33. The smallest absolute Gasteiger partial charge is 0.321 e. The van der Waals surface area contributed by atoms with Crippen LogP contribution in [0, 0.1) is 5.92 Å². The molecule has 1 rings (SSSR count). The van der Waals surface area contributed by atoms with Crippen molar-refractivity contribution in [3.63, 3.8) is 0 Å². The quantitative estimate of drug-likeness (QED) is 0.729. The highest BCUT2D eigenvalue weighted by atomic mass is 32.2. The maximum atomic E-state index is 11.7. The number of carbonyl (C=O) groups is 1. The zero-order valence-corrected chi connectivity index (χ0v) is 11.4. The van der Waals surface area contributed by atoms with Crippen molar-refractivity contribution in [2.45, 2.75) is 45.3 Å². The number of nitrogens with two attached hydrogens (primary N) is 1. The summed E-state index contributed by atoms with van der Waals surface area (Å²) in [5.41, 5.74) is 5.08. The molecular weight excluding hydrogens is 242 g/mol. The van der Waals surface area contributed by atoms with Crippen LogP contribution in [0.3, 0.4) is 0 Å². The Kier molecular flexibility index (Phi) is 4.19. The fourth-order valence-corrected chi connectivity index (χ4v) is 2.96. The molecule has 0 saturated heterocycles. The molecule has 17 heavy (non-hydrogen) atoms. The molecule has 100 valence electrons. The van der Waals surface area contributed by atoms with E-state index in [-0.39, 0.29) is 11.8 Å². The van der Waals surface area contributed by atoms with Gasteiger partial charge in [-0.15, -0.1) is 0 Å². The van der Waals surface area contributed by atoms with Gasteiger partial charge >= 0.3 is 5.97 Å². The van der Waals surface area contributed by atoms with Crippen molar-refractivity contribution in [1.82, 2.24) is 0 Å². The molecule has 1 saturated carbocycles. The Bertz CT molecular complexity index is 379. The van der Waals surface area contributed by atoms with Crippen molar-refractivity contribution in [1.29, 1.82) is 0 Å². The largest absolute Gasteiger partial charge is 0.459 e. The number of ether oxygens (including phenoxy) is 1. The number of hydrogen-bond donors (Lipinski definition) is 1. The molecule has 2 N–H and O–H groups in total. The molecule has 0 spiro atoms. The van der Waals surface area contributed by atoms with E-state index in [1.807, 2.05) is 0 Å². The van der Waals surface area contributed by atoms with E-state index in [1.54, 1.807) is 20.8 Å². The van der Waals surface area contributed by atoms with Crippen LogP contribution in [0.1, 0.15) is 33.6 Å². The fourth-order valence-electron chi connectivity index (χ4n) is 1.56. The lowest BCUT2D eigenvalue weighted by Gasteiger charge is -2.19. The van der Waals surface area contributed by atoms with Crippen LogP contribution in [0.15, 0.2) is 0 Å². The summed E-state index contributed by atoms with van der Waals surface area (Å²) in [7, 11) is -3.46. The van der Waals surface area contributed by atoms with Crippen molar-refractivity contribution in [3.05, 3.63) is 0 Å². The van der Waals surface area contributed by atoms with Crippen LogP contribution < -0.4 is 5.73 Å². The fraction of sp³-hybridized carbons (Fsp3) is 0.909. The van der Waals surface area contributed by atoms with Gasteiger partial charge in [0.15, 0.2) is 9.84 Å². The van der Waals surface area contributed by atoms with E-state index < -0.39 is 27.2 Å². The van der Waals surface area contributed by atoms with E-state index in [9.17, 15) is 13.2 Å². The first-order valence-corrected chi connectivity index (χ1v) is 7.59. The summed E-state index contributed by atoms with van der Waals surface area (Å²) in [6, 6.07) is -0.345. The van der Waals surface area contributed by atoms with Gasteiger partial charge in [-0.05, 0) is 39.5 Å². The second kappa shape index (κ2) is 4.94. The van der Waals surface area contributed by atoms with Gasteiger partial charge in [0, 0.05) is 6.04 Å². The summed E-state index contributed by atoms with van der Waals surface area (Å²) >= 11 is 0. The highest BCUT2D eigenvalue weighted by molar-refractivity contribution is 7.92. The maximum Gasteiger partial charge on any atom is 0.321 e. The van der Waals surface area contributed by atoms with Gasteiger partial charge in [0.2, 0.25) is 0 Å². The first-order chi connectivity index (χ1) is 7.59. The zero-order chi connectivity index (χ0) is 13.3. The number of hydrogen-bond acceptors (Lipinski definition) is 5. The second-order valence-electron chi connectivity index (χ2n) is 5.64. The molecule has 1 aliphatic carbocycles. The van der Waals surface area contributed by atoms with Crippen molar-refractivity contribution < 1.29 is 17.9 Å². The number of carbonyl (C=O) groups excluding carboxylic acids is 1. The van der Waals surface area contributed by atoms with Crippen LogP contribution >= 0.6 is 0 Å². The van der Waals surface area contributed by atoms with E-state index in [0.29, 0.717) is 5.92 Å². The average Bonchev–Trinajstić information content (AvgIpc) is 2.76. The number of rotatable bonds is 5. The molecular formula is C11H21NO4S. The van der Waals surface area contributed by atoms with Gasteiger partial charge < -0.3 is 10.5 Å². The monoisotopic (exact) mass is 263 g/mol. The minimum absolute atomic E-state index is 0.128. The zero-order valence-electron chi connectivity index (χ0n) is 10.6. The number of esters is 1. The SMILES string of the molecule is CC(C)(C)OC(=O)CS(=O)(=O)CC(N)C1CC1. The third kappa shape index (κ3) is 6.02. The van der Waals surface area contributed by atoms with E-state index >= 15 is 0 Å². The molecule has 1 unspecified atom stereocenters. The number of sulfone groups is 1. The predicted molar refractivity (Wildman–Crippen MR) is 65.2 cm³/mol. The lowest BCUT2D eigenvalue weighted by molar-refractivity contribution is -0.151. The van der Waals surface area contributed by atoms with Crippen LogP contribution in [0.5, 0.6) is 0 Å². The van der Waals surface area contributed by atoms with Crippen LogP contribution in [-0.2, 0) is 19.4 Å². The minimum atomic E-state index is -3.46. The summed E-state index contributed by atoms with van der Waals surface area (Å²) in [4.78, 5) is 11.4. The molecule has 0 aromatic heterocycles.